The zero-order chi connectivity index (χ0) is 25.9. The number of halogens is 3. The fourth-order valence-corrected chi connectivity index (χ4v) is 3.82. The van der Waals surface area contributed by atoms with Crippen LogP contribution in [0.3, 0.4) is 0 Å². The van der Waals surface area contributed by atoms with Gasteiger partial charge >= 0.3 is 6.18 Å². The third-order valence-electron chi connectivity index (χ3n) is 5.54. The molecule has 0 unspecified atom stereocenters. The van der Waals surface area contributed by atoms with Gasteiger partial charge in [0.2, 0.25) is 0 Å². The summed E-state index contributed by atoms with van der Waals surface area (Å²) in [6.45, 7) is -0.0561. The van der Waals surface area contributed by atoms with Crippen molar-refractivity contribution in [2.45, 2.75) is 12.7 Å². The molecule has 3 amide bonds. The quantitative estimate of drug-likeness (QED) is 0.363. The van der Waals surface area contributed by atoms with E-state index in [0.717, 1.165) is 11.0 Å². The molecule has 0 fully saturated rings. The zero-order valence-corrected chi connectivity index (χ0v) is 19.1. The normalized spacial score (nSPS) is 12.9. The van der Waals surface area contributed by atoms with Gasteiger partial charge < -0.3 is 15.4 Å². The van der Waals surface area contributed by atoms with Crippen molar-refractivity contribution in [3.63, 3.8) is 0 Å². The molecule has 8 nitrogen and oxygen atoms in total. The Balaban J connectivity index is 1.41. The van der Waals surface area contributed by atoms with E-state index in [4.69, 9.17) is 4.74 Å². The lowest BCUT2D eigenvalue weighted by Crippen LogP contribution is -2.31. The number of benzene rings is 2. The third-order valence-corrected chi connectivity index (χ3v) is 5.54. The number of ether oxygens (including phenoxy) is 1. The van der Waals surface area contributed by atoms with Crippen LogP contribution < -0.4 is 15.4 Å². The average Bonchev–Trinajstić information content (AvgIpc) is 3.11. The Morgan fingerprint density at radius 2 is 1.69 bits per heavy atom. The van der Waals surface area contributed by atoms with Crippen LogP contribution >= 0.6 is 0 Å². The van der Waals surface area contributed by atoms with Crippen molar-refractivity contribution < 1.29 is 32.3 Å². The smallest absolute Gasteiger partial charge is 0.419 e. The number of imide groups is 1. The third kappa shape index (κ3) is 4.99. The number of alkyl halides is 3. The van der Waals surface area contributed by atoms with Gasteiger partial charge in [-0.1, -0.05) is 18.2 Å². The van der Waals surface area contributed by atoms with Gasteiger partial charge in [-0.2, -0.15) is 13.2 Å². The van der Waals surface area contributed by atoms with Gasteiger partial charge in [0, 0.05) is 19.3 Å². The van der Waals surface area contributed by atoms with Gasteiger partial charge in [-0.25, -0.2) is 4.98 Å². The van der Waals surface area contributed by atoms with Crippen LogP contribution in [0.1, 0.15) is 42.2 Å². The Kier molecular flexibility index (Phi) is 6.91. The molecule has 1 aliphatic heterocycles. The van der Waals surface area contributed by atoms with Gasteiger partial charge in [0.05, 0.1) is 35.9 Å². The van der Waals surface area contributed by atoms with Gasteiger partial charge in [-0.3, -0.25) is 19.3 Å². The number of anilines is 1. The monoisotopic (exact) mass is 498 g/mol. The molecule has 0 bridgehead atoms. The minimum atomic E-state index is -4.56. The first kappa shape index (κ1) is 24.7. The maximum absolute atomic E-state index is 13.1. The van der Waals surface area contributed by atoms with Gasteiger partial charge in [-0.15, -0.1) is 0 Å². The number of carbonyl (C=O) groups excluding carboxylic acids is 3. The Bertz CT molecular complexity index is 1290. The molecule has 0 aliphatic carbocycles. The van der Waals surface area contributed by atoms with E-state index in [1.54, 1.807) is 36.4 Å². The standard InChI is InChI=1S/C25H21F3N4O4/c1-36-20-9-8-15(14-32-23(34)16-5-2-3-6-17(16)24(32)35)13-18(20)22(33)31-12-11-30-21-19(25(26,27)28)7-4-10-29-21/h2-10,13H,11-12,14H2,1H3,(H,29,30)(H,31,33). The van der Waals surface area contributed by atoms with E-state index in [1.807, 2.05) is 0 Å². The molecule has 2 heterocycles. The second kappa shape index (κ2) is 10.1. The first-order valence-electron chi connectivity index (χ1n) is 10.9. The summed E-state index contributed by atoms with van der Waals surface area (Å²) in [6, 6.07) is 13.3. The number of rotatable bonds is 8. The lowest BCUT2D eigenvalue weighted by atomic mass is 10.1. The van der Waals surface area contributed by atoms with Crippen LogP contribution in [0, 0.1) is 0 Å². The number of pyridine rings is 1. The molecule has 2 N–H and O–H groups in total. The lowest BCUT2D eigenvalue weighted by molar-refractivity contribution is -0.137. The van der Waals surface area contributed by atoms with Gasteiger partial charge in [0.25, 0.3) is 17.7 Å². The van der Waals surface area contributed by atoms with Crippen molar-refractivity contribution >= 4 is 23.5 Å². The van der Waals surface area contributed by atoms with Gasteiger partial charge in [0.1, 0.15) is 11.6 Å². The molecule has 0 saturated heterocycles. The summed E-state index contributed by atoms with van der Waals surface area (Å²) in [6.07, 6.45) is -3.33. The highest BCUT2D eigenvalue weighted by molar-refractivity contribution is 6.21. The average molecular weight is 498 g/mol. The summed E-state index contributed by atoms with van der Waals surface area (Å²) in [4.78, 5) is 42.9. The van der Waals surface area contributed by atoms with Crippen LogP contribution in [-0.2, 0) is 12.7 Å². The van der Waals surface area contributed by atoms with Gasteiger partial charge in [0.15, 0.2) is 0 Å². The molecule has 1 aromatic heterocycles. The summed E-state index contributed by atoms with van der Waals surface area (Å²) in [7, 11) is 1.39. The van der Waals surface area contributed by atoms with Crippen molar-refractivity contribution in [2.75, 3.05) is 25.5 Å². The molecule has 0 radical (unpaired) electrons. The minimum Gasteiger partial charge on any atom is -0.496 e. The molecule has 186 valence electrons. The lowest BCUT2D eigenvalue weighted by Gasteiger charge is -2.16. The van der Waals surface area contributed by atoms with E-state index in [2.05, 4.69) is 15.6 Å². The number of nitrogens with one attached hydrogen (secondary N) is 2. The molecular weight excluding hydrogens is 477 g/mol. The molecule has 11 heteroatoms. The summed E-state index contributed by atoms with van der Waals surface area (Å²) in [5.74, 6) is -1.45. The first-order valence-corrected chi connectivity index (χ1v) is 10.9. The Morgan fingerprint density at radius 3 is 2.33 bits per heavy atom. The van der Waals surface area contributed by atoms with Crippen LogP contribution in [0.5, 0.6) is 5.75 Å². The second-order valence-corrected chi connectivity index (χ2v) is 7.86. The molecule has 4 rings (SSSR count). The van der Waals surface area contributed by atoms with E-state index in [0.29, 0.717) is 16.7 Å². The van der Waals surface area contributed by atoms with Crippen LogP contribution in [-0.4, -0.2) is 47.8 Å². The number of nitrogens with zero attached hydrogens (tertiary/aromatic N) is 2. The summed E-state index contributed by atoms with van der Waals surface area (Å²) in [5, 5.41) is 5.19. The number of amides is 3. The number of carbonyl (C=O) groups is 3. The highest BCUT2D eigenvalue weighted by Gasteiger charge is 2.35. The summed E-state index contributed by atoms with van der Waals surface area (Å²) < 4.78 is 44.5. The van der Waals surface area contributed by atoms with Crippen LogP contribution in [0.25, 0.3) is 0 Å². The van der Waals surface area contributed by atoms with E-state index in [9.17, 15) is 27.6 Å². The summed E-state index contributed by atoms with van der Waals surface area (Å²) >= 11 is 0. The SMILES string of the molecule is COc1ccc(CN2C(=O)c3ccccc3C2=O)cc1C(=O)NCCNc1ncccc1C(F)(F)F. The van der Waals surface area contributed by atoms with Crippen LogP contribution in [0.2, 0.25) is 0 Å². The van der Waals surface area contributed by atoms with Crippen molar-refractivity contribution in [1.82, 2.24) is 15.2 Å². The predicted molar refractivity (Wildman–Crippen MR) is 124 cm³/mol. The van der Waals surface area contributed by atoms with E-state index >= 15 is 0 Å². The molecule has 0 spiro atoms. The van der Waals surface area contributed by atoms with E-state index in [1.165, 1.54) is 25.4 Å². The maximum Gasteiger partial charge on any atom is 0.419 e. The Morgan fingerprint density at radius 1 is 1.00 bits per heavy atom. The van der Waals surface area contributed by atoms with Crippen molar-refractivity contribution in [3.8, 4) is 5.75 Å². The number of hydrogen-bond acceptors (Lipinski definition) is 6. The number of methoxy groups -OCH3 is 1. The largest absolute Gasteiger partial charge is 0.496 e. The second-order valence-electron chi connectivity index (χ2n) is 7.86. The zero-order valence-electron chi connectivity index (χ0n) is 19.1. The Labute approximate surface area is 204 Å². The Hall–Kier alpha value is -4.41. The molecule has 3 aromatic rings. The number of aromatic nitrogens is 1. The van der Waals surface area contributed by atoms with Crippen molar-refractivity contribution in [1.29, 1.82) is 0 Å². The molecule has 2 aromatic carbocycles. The molecule has 0 saturated carbocycles. The maximum atomic E-state index is 13.1. The fraction of sp³-hybridized carbons (Fsp3) is 0.200. The van der Waals surface area contributed by atoms with E-state index in [-0.39, 0.29) is 36.8 Å². The molecule has 0 atom stereocenters. The van der Waals surface area contributed by atoms with Gasteiger partial charge in [-0.05, 0) is 42.0 Å². The fourth-order valence-electron chi connectivity index (χ4n) is 3.82. The van der Waals surface area contributed by atoms with Crippen molar-refractivity contribution in [2.24, 2.45) is 0 Å². The molecule has 36 heavy (non-hydrogen) atoms. The number of fused-ring (bicyclic) bond motifs is 1. The molecular formula is C25H21F3N4O4. The first-order chi connectivity index (χ1) is 17.2. The van der Waals surface area contributed by atoms with E-state index < -0.39 is 29.5 Å². The van der Waals surface area contributed by atoms with Crippen LogP contribution in [0.4, 0.5) is 19.0 Å². The highest BCUT2D eigenvalue weighted by atomic mass is 19.4. The molecule has 1 aliphatic rings. The summed E-state index contributed by atoms with van der Waals surface area (Å²) in [5.41, 5.74) is 0.419. The van der Waals surface area contributed by atoms with Crippen LogP contribution in [0.15, 0.2) is 60.8 Å². The van der Waals surface area contributed by atoms with Crippen molar-refractivity contribution in [3.05, 3.63) is 88.6 Å². The number of hydrogen-bond donors (Lipinski definition) is 2. The topological polar surface area (TPSA) is 101 Å². The highest BCUT2D eigenvalue weighted by Crippen LogP contribution is 2.33. The minimum absolute atomic E-state index is 0.00150. The predicted octanol–water partition coefficient (Wildman–Crippen LogP) is 3.75.